The Balaban J connectivity index is 1.84. The molecular weight excluding hydrogens is 410 g/mol. The normalized spacial score (nSPS) is 26.5. The Morgan fingerprint density at radius 1 is 1.16 bits per heavy atom. The highest BCUT2D eigenvalue weighted by Gasteiger charge is 2.27. The van der Waals surface area contributed by atoms with E-state index in [-0.39, 0.29) is 35.8 Å². The second-order valence-corrected chi connectivity index (χ2v) is 9.12. The highest BCUT2D eigenvalue weighted by atomic mass is 16.5. The van der Waals surface area contributed by atoms with Crippen LogP contribution < -0.4 is 10.1 Å². The fraction of sp³-hybridized carbons (Fsp3) is 0.667. The molecule has 3 rings (SSSR count). The molecule has 2 heterocycles. The number of anilines is 1. The zero-order valence-electron chi connectivity index (χ0n) is 19.9. The summed E-state index contributed by atoms with van der Waals surface area (Å²) in [6.45, 7) is 7.22. The average Bonchev–Trinajstić information content (AvgIpc) is 2.80. The number of amides is 2. The number of carbonyl (C=O) groups is 2. The number of nitrogens with one attached hydrogen (secondary N) is 1. The molecule has 3 atom stereocenters. The van der Waals surface area contributed by atoms with Crippen LogP contribution in [0.25, 0.3) is 0 Å². The van der Waals surface area contributed by atoms with Crippen molar-refractivity contribution < 1.29 is 23.8 Å². The molecule has 1 N–H and O–H groups in total. The third kappa shape index (κ3) is 5.99. The molecule has 8 heteroatoms. The number of ether oxygens (including phenoxy) is 3. The second kappa shape index (κ2) is 11.1. The van der Waals surface area contributed by atoms with Crippen LogP contribution in [-0.4, -0.2) is 87.9 Å². The van der Waals surface area contributed by atoms with Gasteiger partial charge in [0, 0.05) is 64.2 Å². The molecular formula is C24H37N3O5. The van der Waals surface area contributed by atoms with E-state index >= 15 is 0 Å². The van der Waals surface area contributed by atoms with Gasteiger partial charge in [0.15, 0.2) is 0 Å². The average molecular weight is 448 g/mol. The summed E-state index contributed by atoms with van der Waals surface area (Å²) in [6.07, 6.45) is 1.37. The fourth-order valence-electron chi connectivity index (χ4n) is 4.23. The predicted molar refractivity (Wildman–Crippen MR) is 123 cm³/mol. The molecule has 8 nitrogen and oxygen atoms in total. The van der Waals surface area contributed by atoms with Gasteiger partial charge in [0.1, 0.15) is 12.4 Å². The van der Waals surface area contributed by atoms with E-state index in [2.05, 4.69) is 31.1 Å². The molecule has 32 heavy (non-hydrogen) atoms. The maximum absolute atomic E-state index is 13.2. The van der Waals surface area contributed by atoms with Crippen molar-refractivity contribution >= 4 is 17.5 Å². The van der Waals surface area contributed by atoms with Crippen LogP contribution in [0.2, 0.25) is 0 Å². The van der Waals surface area contributed by atoms with Crippen molar-refractivity contribution in [1.82, 2.24) is 9.80 Å². The van der Waals surface area contributed by atoms with E-state index in [1.165, 1.54) is 0 Å². The molecule has 0 aromatic heterocycles. The quantitative estimate of drug-likeness (QED) is 0.767. The topological polar surface area (TPSA) is 80.3 Å². The van der Waals surface area contributed by atoms with Crippen molar-refractivity contribution in [3.8, 4) is 5.75 Å². The van der Waals surface area contributed by atoms with Crippen molar-refractivity contribution in [3.63, 3.8) is 0 Å². The largest absolute Gasteiger partial charge is 0.491 e. The molecule has 1 aromatic carbocycles. The molecule has 0 unspecified atom stereocenters. The number of carbonyl (C=O) groups excluding carboxylic acids is 2. The summed E-state index contributed by atoms with van der Waals surface area (Å²) < 4.78 is 17.2. The monoisotopic (exact) mass is 447 g/mol. The lowest BCUT2D eigenvalue weighted by molar-refractivity contribution is -0.122. The van der Waals surface area contributed by atoms with Crippen LogP contribution in [0.1, 0.15) is 37.0 Å². The number of rotatable bonds is 3. The molecule has 178 valence electrons. The van der Waals surface area contributed by atoms with Gasteiger partial charge in [0.05, 0.1) is 11.7 Å². The van der Waals surface area contributed by atoms with Crippen molar-refractivity contribution in [2.75, 3.05) is 59.4 Å². The summed E-state index contributed by atoms with van der Waals surface area (Å²) >= 11 is 0. The van der Waals surface area contributed by atoms with Crippen LogP contribution in [0.3, 0.4) is 0 Å². The summed E-state index contributed by atoms with van der Waals surface area (Å²) in [7, 11) is 5.55. The molecule has 1 fully saturated rings. The van der Waals surface area contributed by atoms with Crippen molar-refractivity contribution in [3.05, 3.63) is 23.8 Å². The van der Waals surface area contributed by atoms with E-state index in [1.54, 1.807) is 37.3 Å². The molecule has 2 amide bonds. The van der Waals surface area contributed by atoms with Crippen molar-refractivity contribution in [2.45, 2.75) is 38.8 Å². The minimum absolute atomic E-state index is 0.0186. The van der Waals surface area contributed by atoms with Crippen LogP contribution in [0.4, 0.5) is 5.69 Å². The van der Waals surface area contributed by atoms with Gasteiger partial charge in [-0.3, -0.25) is 14.5 Å². The third-order valence-electron chi connectivity index (χ3n) is 6.62. The number of nitrogens with zero attached hydrogens (tertiary/aromatic N) is 2. The summed E-state index contributed by atoms with van der Waals surface area (Å²) in [5.41, 5.74) is 1.11. The standard InChI is InChI=1S/C24H37N3O5/c1-16-13-26(3)17(2)15-32-21-12-19(25-23(28)18-8-10-31-11-9-18)6-7-20(21)24(29)27(4)14-22(16)30-5/h6-7,12,16-18,22H,8-11,13-15H2,1-5H3,(H,25,28)/t16-,17-,22-/m1/s1. The molecule has 1 saturated heterocycles. The van der Waals surface area contributed by atoms with E-state index in [4.69, 9.17) is 14.2 Å². The van der Waals surface area contributed by atoms with Crippen LogP contribution in [0.15, 0.2) is 18.2 Å². The first-order valence-electron chi connectivity index (χ1n) is 11.4. The molecule has 2 aliphatic heterocycles. The first-order valence-corrected chi connectivity index (χ1v) is 11.4. The summed E-state index contributed by atoms with van der Waals surface area (Å²) in [6, 6.07) is 5.41. The van der Waals surface area contributed by atoms with Gasteiger partial charge >= 0.3 is 0 Å². The lowest BCUT2D eigenvalue weighted by atomic mass is 9.99. The Morgan fingerprint density at radius 2 is 1.88 bits per heavy atom. The maximum atomic E-state index is 13.2. The Morgan fingerprint density at radius 3 is 2.56 bits per heavy atom. The number of hydrogen-bond acceptors (Lipinski definition) is 6. The van der Waals surface area contributed by atoms with Crippen LogP contribution >= 0.6 is 0 Å². The molecule has 0 saturated carbocycles. The summed E-state index contributed by atoms with van der Waals surface area (Å²) in [5.74, 6) is 0.534. The zero-order valence-corrected chi connectivity index (χ0v) is 19.9. The smallest absolute Gasteiger partial charge is 0.257 e. The molecule has 0 spiro atoms. The highest BCUT2D eigenvalue weighted by Crippen LogP contribution is 2.27. The van der Waals surface area contributed by atoms with E-state index < -0.39 is 0 Å². The lowest BCUT2D eigenvalue weighted by Crippen LogP contribution is -2.45. The number of methoxy groups -OCH3 is 1. The maximum Gasteiger partial charge on any atom is 0.257 e. The molecule has 2 aliphatic rings. The van der Waals surface area contributed by atoms with Gasteiger partial charge in [-0.15, -0.1) is 0 Å². The lowest BCUT2D eigenvalue weighted by Gasteiger charge is -2.34. The molecule has 0 radical (unpaired) electrons. The predicted octanol–water partition coefficient (Wildman–Crippen LogP) is 2.49. The summed E-state index contributed by atoms with van der Waals surface area (Å²) in [5, 5.41) is 2.99. The van der Waals surface area contributed by atoms with Gasteiger partial charge in [-0.25, -0.2) is 0 Å². The van der Waals surface area contributed by atoms with Crippen LogP contribution in [-0.2, 0) is 14.3 Å². The Labute approximate surface area is 191 Å². The van der Waals surface area contributed by atoms with Gasteiger partial charge in [-0.1, -0.05) is 6.92 Å². The second-order valence-electron chi connectivity index (χ2n) is 9.12. The fourth-order valence-corrected chi connectivity index (χ4v) is 4.23. The van der Waals surface area contributed by atoms with Gasteiger partial charge in [0.25, 0.3) is 5.91 Å². The number of hydrogen-bond donors (Lipinski definition) is 1. The number of likely N-dealkylation sites (N-methyl/N-ethyl adjacent to an activating group) is 2. The van der Waals surface area contributed by atoms with Crippen molar-refractivity contribution in [2.24, 2.45) is 11.8 Å². The summed E-state index contributed by atoms with van der Waals surface area (Å²) in [4.78, 5) is 29.8. The molecule has 1 aromatic rings. The Hall–Kier alpha value is -2.16. The van der Waals surface area contributed by atoms with Gasteiger partial charge in [-0.05, 0) is 44.9 Å². The van der Waals surface area contributed by atoms with Gasteiger partial charge in [0.2, 0.25) is 5.91 Å². The first kappa shape index (κ1) is 24.5. The SMILES string of the molecule is CO[C@@H]1CN(C)C(=O)c2ccc(NC(=O)C3CCOCC3)cc2OC[C@@H](C)N(C)C[C@H]1C. The Kier molecular flexibility index (Phi) is 8.51. The first-order chi connectivity index (χ1) is 15.3. The van der Waals surface area contributed by atoms with Crippen LogP contribution in [0.5, 0.6) is 5.75 Å². The Bertz CT molecular complexity index is 796. The third-order valence-corrected chi connectivity index (χ3v) is 6.62. The minimum atomic E-state index is -0.127. The zero-order chi connectivity index (χ0) is 23.3. The van der Waals surface area contributed by atoms with Gasteiger partial charge < -0.3 is 24.4 Å². The highest BCUT2D eigenvalue weighted by molar-refractivity contribution is 5.98. The molecule has 0 bridgehead atoms. The van der Waals surface area contributed by atoms with E-state index in [1.807, 2.05) is 0 Å². The van der Waals surface area contributed by atoms with Gasteiger partial charge in [-0.2, -0.15) is 0 Å². The van der Waals surface area contributed by atoms with E-state index in [0.717, 1.165) is 19.4 Å². The van der Waals surface area contributed by atoms with E-state index in [0.29, 0.717) is 43.4 Å². The van der Waals surface area contributed by atoms with E-state index in [9.17, 15) is 9.59 Å². The number of fused-ring (bicyclic) bond motifs is 1. The van der Waals surface area contributed by atoms with Crippen molar-refractivity contribution in [1.29, 1.82) is 0 Å². The minimum Gasteiger partial charge on any atom is -0.491 e. The van der Waals surface area contributed by atoms with Crippen LogP contribution in [0, 0.1) is 11.8 Å². The molecule has 0 aliphatic carbocycles. The number of benzene rings is 1.